The number of hydrogen-bond acceptors (Lipinski definition) is 5. The normalized spacial score (nSPS) is 17.6. The minimum atomic E-state index is -0.656. The molecule has 1 amide bonds. The smallest absolute Gasteiger partial charge is 0.276 e. The molecular weight excluding hydrogens is 432 g/mol. The van der Waals surface area contributed by atoms with E-state index < -0.39 is 6.04 Å². The fourth-order valence-electron chi connectivity index (χ4n) is 4.86. The van der Waals surface area contributed by atoms with Gasteiger partial charge in [0.1, 0.15) is 6.04 Å². The van der Waals surface area contributed by atoms with Crippen LogP contribution >= 0.6 is 11.3 Å². The van der Waals surface area contributed by atoms with Crippen LogP contribution < -0.4 is 10.5 Å². The minimum absolute atomic E-state index is 0.0568. The van der Waals surface area contributed by atoms with E-state index in [0.29, 0.717) is 18.5 Å². The van der Waals surface area contributed by atoms with E-state index in [0.717, 1.165) is 27.0 Å². The van der Waals surface area contributed by atoms with Crippen LogP contribution in [-0.2, 0) is 4.79 Å². The summed E-state index contributed by atoms with van der Waals surface area (Å²) in [6.07, 6.45) is 0. The number of carbonyl (C=O) groups is 1. The van der Waals surface area contributed by atoms with Crippen LogP contribution in [0.2, 0.25) is 0 Å². The molecule has 0 N–H and O–H groups in total. The molecule has 4 aromatic rings. The van der Waals surface area contributed by atoms with Gasteiger partial charge in [-0.3, -0.25) is 9.59 Å². The summed E-state index contributed by atoms with van der Waals surface area (Å²) in [7, 11) is 0. The molecule has 0 radical (unpaired) electrons. The van der Waals surface area contributed by atoms with Gasteiger partial charge in [0.05, 0.1) is 15.8 Å². The Bertz CT molecular complexity index is 1420. The zero-order valence-corrected chi connectivity index (χ0v) is 20.2. The molecule has 1 aliphatic rings. The van der Waals surface area contributed by atoms with Gasteiger partial charge >= 0.3 is 0 Å². The molecule has 3 heterocycles. The van der Waals surface area contributed by atoms with Crippen molar-refractivity contribution in [2.45, 2.75) is 39.8 Å². The highest BCUT2D eigenvalue weighted by Gasteiger charge is 2.31. The van der Waals surface area contributed by atoms with Crippen LogP contribution in [0.1, 0.15) is 31.1 Å². The number of aryl methyl sites for hydroxylation is 2. The monoisotopic (exact) mass is 460 g/mol. The van der Waals surface area contributed by atoms with Gasteiger partial charge in [0.25, 0.3) is 5.56 Å². The van der Waals surface area contributed by atoms with Crippen molar-refractivity contribution in [1.82, 2.24) is 14.7 Å². The maximum atomic E-state index is 13.5. The van der Waals surface area contributed by atoms with Crippen LogP contribution in [0.4, 0.5) is 5.69 Å². The van der Waals surface area contributed by atoms with Crippen LogP contribution in [0, 0.1) is 13.8 Å². The number of carbonyl (C=O) groups excluding carboxylic acids is 1. The lowest BCUT2D eigenvalue weighted by Crippen LogP contribution is -2.55. The SMILES string of the molecule is Cc1cccc(N2CCN(C(=O)[C@H](C)n3nc(C)c4sc5ccccc5c4c3=O)C[C@H]2C)c1. The first-order valence-corrected chi connectivity index (χ1v) is 12.2. The largest absolute Gasteiger partial charge is 0.365 e. The van der Waals surface area contributed by atoms with Gasteiger partial charge in [-0.05, 0) is 51.5 Å². The van der Waals surface area contributed by atoms with E-state index in [1.54, 1.807) is 18.3 Å². The third-order valence-corrected chi connectivity index (χ3v) is 7.88. The van der Waals surface area contributed by atoms with E-state index in [4.69, 9.17) is 0 Å². The summed E-state index contributed by atoms with van der Waals surface area (Å²) in [5.41, 5.74) is 3.00. The molecule has 0 aliphatic carbocycles. The molecule has 7 heteroatoms. The number of piperazine rings is 1. The van der Waals surface area contributed by atoms with Gasteiger partial charge in [0.2, 0.25) is 5.91 Å². The molecule has 2 aromatic carbocycles. The number of aromatic nitrogens is 2. The van der Waals surface area contributed by atoms with Gasteiger partial charge in [-0.1, -0.05) is 30.3 Å². The lowest BCUT2D eigenvalue weighted by molar-refractivity contribution is -0.135. The Morgan fingerprint density at radius 2 is 1.91 bits per heavy atom. The van der Waals surface area contributed by atoms with E-state index in [1.165, 1.54) is 15.9 Å². The predicted molar refractivity (Wildman–Crippen MR) is 135 cm³/mol. The highest BCUT2D eigenvalue weighted by atomic mass is 32.1. The van der Waals surface area contributed by atoms with Crippen molar-refractivity contribution in [1.29, 1.82) is 0 Å². The summed E-state index contributed by atoms with van der Waals surface area (Å²) in [5.74, 6) is -0.0568. The van der Waals surface area contributed by atoms with Crippen LogP contribution in [0.15, 0.2) is 53.3 Å². The maximum Gasteiger partial charge on any atom is 0.276 e. The van der Waals surface area contributed by atoms with Crippen molar-refractivity contribution >= 4 is 43.1 Å². The number of hydrogen-bond donors (Lipinski definition) is 0. The Morgan fingerprint density at radius 1 is 1.12 bits per heavy atom. The molecule has 0 unspecified atom stereocenters. The molecule has 1 aliphatic heterocycles. The third-order valence-electron chi connectivity index (χ3n) is 6.60. The van der Waals surface area contributed by atoms with Crippen LogP contribution in [0.5, 0.6) is 0 Å². The average molecular weight is 461 g/mol. The standard InChI is InChI=1S/C26H28N4O2S/c1-16-8-7-9-20(14-16)29-13-12-28(15-17(29)2)25(31)19(4)30-26(32)23-21-10-5-6-11-22(21)33-24(23)18(3)27-30/h5-11,14,17,19H,12-13,15H2,1-4H3/t17-,19+/m1/s1. The molecule has 6 nitrogen and oxygen atoms in total. The van der Waals surface area contributed by atoms with Crippen molar-refractivity contribution in [2.75, 3.05) is 24.5 Å². The first-order valence-electron chi connectivity index (χ1n) is 11.4. The van der Waals surface area contributed by atoms with Crippen molar-refractivity contribution in [2.24, 2.45) is 0 Å². The Hall–Kier alpha value is -3.19. The summed E-state index contributed by atoms with van der Waals surface area (Å²) < 4.78 is 3.35. The molecule has 170 valence electrons. The Labute approximate surface area is 197 Å². The molecule has 1 fully saturated rings. The topological polar surface area (TPSA) is 58.4 Å². The van der Waals surface area contributed by atoms with E-state index >= 15 is 0 Å². The quantitative estimate of drug-likeness (QED) is 0.451. The van der Waals surface area contributed by atoms with Crippen molar-refractivity contribution in [3.05, 3.63) is 70.1 Å². The second kappa shape index (κ2) is 8.30. The van der Waals surface area contributed by atoms with Gasteiger partial charge < -0.3 is 9.80 Å². The lowest BCUT2D eigenvalue weighted by Gasteiger charge is -2.42. The Morgan fingerprint density at radius 3 is 2.67 bits per heavy atom. The fourth-order valence-corrected chi connectivity index (χ4v) is 5.99. The maximum absolute atomic E-state index is 13.5. The molecule has 0 bridgehead atoms. The van der Waals surface area contributed by atoms with Crippen LogP contribution in [0.3, 0.4) is 0 Å². The molecular formula is C26H28N4O2S. The predicted octanol–water partition coefficient (Wildman–Crippen LogP) is 4.53. The second-order valence-electron chi connectivity index (χ2n) is 8.98. The molecule has 2 atom stereocenters. The van der Waals surface area contributed by atoms with E-state index in [-0.39, 0.29) is 17.5 Å². The van der Waals surface area contributed by atoms with Crippen molar-refractivity contribution < 1.29 is 4.79 Å². The van der Waals surface area contributed by atoms with Crippen LogP contribution in [0.25, 0.3) is 20.2 Å². The third kappa shape index (κ3) is 3.70. The zero-order valence-electron chi connectivity index (χ0n) is 19.4. The number of benzene rings is 2. The summed E-state index contributed by atoms with van der Waals surface area (Å²) in [5, 5.41) is 6.16. The van der Waals surface area contributed by atoms with Crippen LogP contribution in [-0.4, -0.2) is 46.3 Å². The number of amides is 1. The summed E-state index contributed by atoms with van der Waals surface area (Å²) >= 11 is 1.58. The second-order valence-corrected chi connectivity index (χ2v) is 10.0. The molecule has 33 heavy (non-hydrogen) atoms. The van der Waals surface area contributed by atoms with Gasteiger partial charge in [0.15, 0.2) is 0 Å². The van der Waals surface area contributed by atoms with E-state index in [9.17, 15) is 9.59 Å². The lowest BCUT2D eigenvalue weighted by atomic mass is 10.1. The fraction of sp³-hybridized carbons (Fsp3) is 0.346. The highest BCUT2D eigenvalue weighted by Crippen LogP contribution is 2.33. The average Bonchev–Trinajstić information content (AvgIpc) is 3.21. The molecule has 5 rings (SSSR count). The number of anilines is 1. The van der Waals surface area contributed by atoms with Gasteiger partial charge in [-0.15, -0.1) is 11.3 Å². The van der Waals surface area contributed by atoms with Gasteiger partial charge in [0, 0.05) is 41.4 Å². The molecule has 0 spiro atoms. The number of rotatable bonds is 3. The van der Waals surface area contributed by atoms with Crippen molar-refractivity contribution in [3.8, 4) is 0 Å². The Balaban J connectivity index is 1.43. The van der Waals surface area contributed by atoms with E-state index in [2.05, 4.69) is 48.1 Å². The first kappa shape index (κ1) is 21.6. The van der Waals surface area contributed by atoms with Gasteiger partial charge in [-0.2, -0.15) is 5.10 Å². The Kier molecular flexibility index (Phi) is 5.44. The number of nitrogens with zero attached hydrogens (tertiary/aromatic N) is 4. The van der Waals surface area contributed by atoms with Gasteiger partial charge in [-0.25, -0.2) is 4.68 Å². The highest BCUT2D eigenvalue weighted by molar-refractivity contribution is 7.26. The minimum Gasteiger partial charge on any atom is -0.365 e. The molecule has 0 saturated carbocycles. The molecule has 1 saturated heterocycles. The van der Waals surface area contributed by atoms with Crippen molar-refractivity contribution in [3.63, 3.8) is 0 Å². The summed E-state index contributed by atoms with van der Waals surface area (Å²) in [4.78, 5) is 31.1. The number of thiophene rings is 1. The summed E-state index contributed by atoms with van der Waals surface area (Å²) in [6, 6.07) is 15.9. The first-order chi connectivity index (χ1) is 15.8. The summed E-state index contributed by atoms with van der Waals surface area (Å²) in [6.45, 7) is 9.94. The molecule has 2 aromatic heterocycles. The number of fused-ring (bicyclic) bond motifs is 3. The zero-order chi connectivity index (χ0) is 23.3. The van der Waals surface area contributed by atoms with E-state index in [1.807, 2.05) is 36.1 Å².